The van der Waals surface area contributed by atoms with Crippen LogP contribution >= 0.6 is 15.9 Å². The Morgan fingerprint density at radius 2 is 2.42 bits per heavy atom. The molecule has 0 unspecified atom stereocenters. The van der Waals surface area contributed by atoms with Crippen LogP contribution in [0.2, 0.25) is 0 Å². The Morgan fingerprint density at radius 1 is 1.75 bits per heavy atom. The zero-order valence-corrected chi connectivity index (χ0v) is 7.78. The molecule has 0 aromatic rings. The van der Waals surface area contributed by atoms with Crippen LogP contribution in [-0.4, -0.2) is 40.4 Å². The van der Waals surface area contributed by atoms with E-state index >= 15 is 0 Å². The molecule has 0 aromatic carbocycles. The monoisotopic (exact) mass is 233 g/mol. The van der Waals surface area contributed by atoms with Gasteiger partial charge in [-0.3, -0.25) is 0 Å². The minimum atomic E-state index is -0.998. The van der Waals surface area contributed by atoms with Crippen LogP contribution in [0, 0.1) is 16.7 Å². The lowest BCUT2D eigenvalue weighted by Crippen LogP contribution is -2.59. The molecule has 1 fully saturated rings. The van der Waals surface area contributed by atoms with Gasteiger partial charge in [-0.25, -0.2) is 4.79 Å². The van der Waals surface area contributed by atoms with Gasteiger partial charge >= 0.3 is 6.09 Å². The summed E-state index contributed by atoms with van der Waals surface area (Å²) in [5, 5.41) is 17.4. The van der Waals surface area contributed by atoms with E-state index in [1.54, 1.807) is 0 Å². The molecule has 1 saturated heterocycles. The molecule has 5 heteroatoms. The van der Waals surface area contributed by atoms with Crippen molar-refractivity contribution in [2.45, 2.75) is 6.04 Å². The summed E-state index contributed by atoms with van der Waals surface area (Å²) in [6.45, 7) is 0.220. The molecule has 0 bridgehead atoms. The second-order valence-electron chi connectivity index (χ2n) is 2.53. The number of amides is 1. The molecule has 0 radical (unpaired) electrons. The first-order chi connectivity index (χ1) is 5.70. The van der Waals surface area contributed by atoms with Gasteiger partial charge in [0.1, 0.15) is 0 Å². The van der Waals surface area contributed by atoms with Crippen molar-refractivity contribution >= 4 is 22.0 Å². The third-order valence-electron chi connectivity index (χ3n) is 1.93. The van der Waals surface area contributed by atoms with E-state index in [-0.39, 0.29) is 18.6 Å². The minimum Gasteiger partial charge on any atom is -0.465 e. The predicted molar refractivity (Wildman–Crippen MR) is 45.8 cm³/mol. The summed E-state index contributed by atoms with van der Waals surface area (Å²) in [5.74, 6) is 2.73. The summed E-state index contributed by atoms with van der Waals surface area (Å²) in [7, 11) is 0. The van der Waals surface area contributed by atoms with E-state index in [9.17, 15) is 4.79 Å². The number of carbonyl (C=O) groups is 1. The van der Waals surface area contributed by atoms with Crippen LogP contribution in [-0.2, 0) is 0 Å². The Kier molecular flexibility index (Phi) is 2.95. The van der Waals surface area contributed by atoms with Gasteiger partial charge in [0.15, 0.2) is 0 Å². The van der Waals surface area contributed by atoms with Gasteiger partial charge in [-0.15, -0.1) is 0 Å². The third-order valence-corrected chi connectivity index (χ3v) is 2.16. The highest BCUT2D eigenvalue weighted by atomic mass is 79.9. The maximum absolute atomic E-state index is 10.5. The second kappa shape index (κ2) is 3.78. The van der Waals surface area contributed by atoms with Gasteiger partial charge in [0, 0.05) is 22.5 Å². The quantitative estimate of drug-likeness (QED) is 0.642. The molecule has 0 saturated carbocycles. The van der Waals surface area contributed by atoms with E-state index in [1.807, 2.05) is 0 Å². The number of nitrogens with zero attached hydrogens (tertiary/aromatic N) is 1. The van der Waals surface area contributed by atoms with Gasteiger partial charge in [-0.05, 0) is 4.83 Å². The normalized spacial score (nSPS) is 27.0. The molecule has 0 spiro atoms. The number of rotatable bonds is 1. The highest BCUT2D eigenvalue weighted by Gasteiger charge is 2.40. The minimum absolute atomic E-state index is 0.0366. The molecule has 2 atom stereocenters. The summed E-state index contributed by atoms with van der Waals surface area (Å²) < 4.78 is 0. The van der Waals surface area contributed by atoms with Crippen LogP contribution in [0.5, 0.6) is 0 Å². The molecule has 1 rings (SSSR count). The van der Waals surface area contributed by atoms with Crippen molar-refractivity contribution in [2.24, 2.45) is 5.92 Å². The van der Waals surface area contributed by atoms with E-state index in [0.29, 0.717) is 6.54 Å². The Labute approximate surface area is 78.3 Å². The largest absolute Gasteiger partial charge is 0.465 e. The molecule has 4 nitrogen and oxygen atoms in total. The van der Waals surface area contributed by atoms with Crippen molar-refractivity contribution in [3.63, 3.8) is 0 Å². The highest BCUT2D eigenvalue weighted by molar-refractivity contribution is 9.12. The molecular formula is C7H8BrNO3. The fraction of sp³-hybridized carbons (Fsp3) is 0.571. The number of hydrogen-bond acceptors (Lipinski definition) is 2. The SMILES string of the molecule is O=C(O)N1C[C@@H](C#CBr)[C@@H]1CO. The maximum atomic E-state index is 10.5. The third kappa shape index (κ3) is 1.54. The highest BCUT2D eigenvalue weighted by Crippen LogP contribution is 2.23. The zero-order chi connectivity index (χ0) is 9.14. The summed E-state index contributed by atoms with van der Waals surface area (Å²) in [4.78, 5) is 14.2. The van der Waals surface area contributed by atoms with Crippen LogP contribution in [0.15, 0.2) is 0 Å². The number of aliphatic hydroxyl groups excluding tert-OH is 1. The van der Waals surface area contributed by atoms with Crippen molar-refractivity contribution in [2.75, 3.05) is 13.2 Å². The number of halogens is 1. The van der Waals surface area contributed by atoms with E-state index in [4.69, 9.17) is 10.2 Å². The fourth-order valence-electron chi connectivity index (χ4n) is 1.21. The predicted octanol–water partition coefficient (Wildman–Crippen LogP) is 0.313. The summed E-state index contributed by atoms with van der Waals surface area (Å²) in [6, 6.07) is -0.354. The molecule has 12 heavy (non-hydrogen) atoms. The van der Waals surface area contributed by atoms with E-state index in [2.05, 4.69) is 26.7 Å². The van der Waals surface area contributed by atoms with Crippen LogP contribution < -0.4 is 0 Å². The summed E-state index contributed by atoms with van der Waals surface area (Å²) in [6.07, 6.45) is -0.998. The van der Waals surface area contributed by atoms with E-state index in [1.165, 1.54) is 4.90 Å². The summed E-state index contributed by atoms with van der Waals surface area (Å²) >= 11 is 2.93. The Morgan fingerprint density at radius 3 is 2.83 bits per heavy atom. The average molecular weight is 234 g/mol. The Hall–Kier alpha value is -0.730. The molecular weight excluding hydrogens is 226 g/mol. The number of aliphatic hydroxyl groups is 1. The Balaban J connectivity index is 2.55. The van der Waals surface area contributed by atoms with Gasteiger partial charge in [-0.2, -0.15) is 0 Å². The zero-order valence-electron chi connectivity index (χ0n) is 6.20. The van der Waals surface area contributed by atoms with E-state index < -0.39 is 6.09 Å². The van der Waals surface area contributed by atoms with Gasteiger partial charge in [0.05, 0.1) is 18.6 Å². The molecule has 1 heterocycles. The topological polar surface area (TPSA) is 60.8 Å². The second-order valence-corrected chi connectivity index (χ2v) is 2.93. The van der Waals surface area contributed by atoms with Crippen LogP contribution in [0.3, 0.4) is 0 Å². The van der Waals surface area contributed by atoms with Crippen molar-refractivity contribution in [1.82, 2.24) is 4.90 Å². The van der Waals surface area contributed by atoms with Crippen LogP contribution in [0.25, 0.3) is 0 Å². The molecule has 1 amide bonds. The molecule has 66 valence electrons. The first-order valence-electron chi connectivity index (χ1n) is 3.42. The standard InChI is InChI=1S/C7H8BrNO3/c8-2-1-5-3-9(7(11)12)6(5)4-10/h5-6,10H,3-4H2,(H,11,12)/t5-,6+/m1/s1. The maximum Gasteiger partial charge on any atom is 0.407 e. The lowest BCUT2D eigenvalue weighted by atomic mass is 9.90. The van der Waals surface area contributed by atoms with Crippen molar-refractivity contribution in [3.05, 3.63) is 0 Å². The van der Waals surface area contributed by atoms with E-state index in [0.717, 1.165) is 0 Å². The first-order valence-corrected chi connectivity index (χ1v) is 4.21. The lowest BCUT2D eigenvalue weighted by Gasteiger charge is -2.42. The smallest absolute Gasteiger partial charge is 0.407 e. The van der Waals surface area contributed by atoms with Gasteiger partial charge < -0.3 is 15.1 Å². The number of hydrogen-bond donors (Lipinski definition) is 2. The number of likely N-dealkylation sites (tertiary alicyclic amines) is 1. The fourth-order valence-corrected chi connectivity index (χ4v) is 1.50. The molecule has 0 aromatic heterocycles. The van der Waals surface area contributed by atoms with Crippen molar-refractivity contribution in [1.29, 1.82) is 0 Å². The average Bonchev–Trinajstić information content (AvgIpc) is 1.97. The molecule has 2 N–H and O–H groups in total. The van der Waals surface area contributed by atoms with Gasteiger partial charge in [-0.1, -0.05) is 5.92 Å². The molecule has 1 aliphatic rings. The van der Waals surface area contributed by atoms with Gasteiger partial charge in [0.2, 0.25) is 0 Å². The molecule has 0 aliphatic carbocycles. The van der Waals surface area contributed by atoms with Crippen LogP contribution in [0.1, 0.15) is 0 Å². The summed E-state index contributed by atoms with van der Waals surface area (Å²) in [5.41, 5.74) is 0. The van der Waals surface area contributed by atoms with Gasteiger partial charge in [0.25, 0.3) is 0 Å². The first kappa shape index (κ1) is 9.36. The van der Waals surface area contributed by atoms with Crippen molar-refractivity contribution in [3.8, 4) is 10.8 Å². The van der Waals surface area contributed by atoms with Crippen LogP contribution in [0.4, 0.5) is 4.79 Å². The number of carboxylic acid groups (broad SMARTS) is 1. The van der Waals surface area contributed by atoms with Crippen molar-refractivity contribution < 1.29 is 15.0 Å². The Bertz CT molecular complexity index is 245. The molecule has 1 aliphatic heterocycles. The lowest BCUT2D eigenvalue weighted by molar-refractivity contribution is 0.0157.